The Morgan fingerprint density at radius 2 is 1.96 bits per heavy atom. The highest BCUT2D eigenvalue weighted by atomic mass is 35.5. The maximum absolute atomic E-state index is 12.2. The molecule has 1 aromatic carbocycles. The van der Waals surface area contributed by atoms with E-state index >= 15 is 0 Å². The van der Waals surface area contributed by atoms with Gasteiger partial charge < -0.3 is 5.32 Å². The third-order valence-electron chi connectivity index (χ3n) is 3.00. The highest BCUT2D eigenvalue weighted by molar-refractivity contribution is 6.36. The molecule has 118 valence electrons. The van der Waals surface area contributed by atoms with Crippen molar-refractivity contribution in [1.29, 1.82) is 0 Å². The van der Waals surface area contributed by atoms with Gasteiger partial charge in [0.05, 0.1) is 15.4 Å². The smallest absolute Gasteiger partial charge is 0.298 e. The lowest BCUT2D eigenvalue weighted by Gasteiger charge is -2.08. The van der Waals surface area contributed by atoms with Crippen molar-refractivity contribution < 1.29 is 14.6 Å². The first-order valence-corrected chi connectivity index (χ1v) is 6.55. The van der Waals surface area contributed by atoms with Gasteiger partial charge in [0, 0.05) is 12.3 Å². The van der Waals surface area contributed by atoms with Crippen LogP contribution in [0.5, 0.6) is 0 Å². The minimum absolute atomic E-state index is 0.180. The zero-order valence-electron chi connectivity index (χ0n) is 11.6. The number of carbonyl (C=O) groups excluding carboxylic acids is 1. The zero-order valence-corrected chi connectivity index (χ0v) is 12.4. The number of nitrogens with one attached hydrogen (secondary N) is 1. The molecule has 1 amide bonds. The van der Waals surface area contributed by atoms with E-state index in [4.69, 9.17) is 11.6 Å². The summed E-state index contributed by atoms with van der Waals surface area (Å²) < 4.78 is 0. The number of benzene rings is 1. The zero-order chi connectivity index (χ0) is 17.1. The van der Waals surface area contributed by atoms with Crippen LogP contribution in [-0.2, 0) is 0 Å². The van der Waals surface area contributed by atoms with Crippen molar-refractivity contribution in [1.82, 2.24) is 4.98 Å². The minimum Gasteiger partial charge on any atom is -0.307 e. The van der Waals surface area contributed by atoms with Gasteiger partial charge in [-0.2, -0.15) is 0 Å². The molecule has 0 atom stereocenters. The standard InChI is InChI=1S/C13H9ClN4O5/c1-7-9(17(20)21)6-8(11(14)12(7)18(22)23)13(19)16-10-4-2-3-5-15-10/h2-6H,1H3,(H,15,16,19). The molecule has 9 nitrogen and oxygen atoms in total. The van der Waals surface area contributed by atoms with Crippen molar-refractivity contribution in [3.63, 3.8) is 0 Å². The van der Waals surface area contributed by atoms with Crippen LogP contribution in [0.1, 0.15) is 15.9 Å². The molecule has 10 heteroatoms. The molecular weight excluding hydrogens is 328 g/mol. The number of nitrogens with zero attached hydrogens (tertiary/aromatic N) is 3. The number of aromatic nitrogens is 1. The van der Waals surface area contributed by atoms with Crippen molar-refractivity contribution in [3.05, 3.63) is 66.8 Å². The molecule has 23 heavy (non-hydrogen) atoms. The molecule has 0 saturated carbocycles. The van der Waals surface area contributed by atoms with Crippen molar-refractivity contribution in [2.75, 3.05) is 5.32 Å². The third-order valence-corrected chi connectivity index (χ3v) is 3.38. The summed E-state index contributed by atoms with van der Waals surface area (Å²) in [7, 11) is 0. The van der Waals surface area contributed by atoms with Crippen molar-refractivity contribution in [2.45, 2.75) is 6.92 Å². The van der Waals surface area contributed by atoms with Crippen LogP contribution in [-0.4, -0.2) is 20.7 Å². The SMILES string of the molecule is Cc1c([N+](=O)[O-])cc(C(=O)Nc2ccccn2)c(Cl)c1[N+](=O)[O-]. The van der Waals surface area contributed by atoms with Crippen LogP contribution in [0.25, 0.3) is 0 Å². The van der Waals surface area contributed by atoms with Crippen LogP contribution < -0.4 is 5.32 Å². The van der Waals surface area contributed by atoms with Crippen LogP contribution >= 0.6 is 11.6 Å². The monoisotopic (exact) mass is 336 g/mol. The molecule has 2 aromatic rings. The number of halogens is 1. The topological polar surface area (TPSA) is 128 Å². The number of nitro groups is 2. The fourth-order valence-corrected chi connectivity index (χ4v) is 2.27. The van der Waals surface area contributed by atoms with Crippen LogP contribution in [0.4, 0.5) is 17.2 Å². The number of carbonyl (C=O) groups is 1. The molecule has 0 aliphatic rings. The maximum atomic E-state index is 12.2. The molecule has 0 saturated heterocycles. The third kappa shape index (κ3) is 3.24. The number of nitro benzene ring substituents is 2. The van der Waals surface area contributed by atoms with Crippen LogP contribution in [0, 0.1) is 27.2 Å². The van der Waals surface area contributed by atoms with E-state index in [0.717, 1.165) is 6.07 Å². The van der Waals surface area contributed by atoms with Gasteiger partial charge in [-0.25, -0.2) is 4.98 Å². The van der Waals surface area contributed by atoms with E-state index in [1.165, 1.54) is 19.2 Å². The molecule has 0 aliphatic heterocycles. The second-order valence-electron chi connectivity index (χ2n) is 4.41. The van der Waals surface area contributed by atoms with Gasteiger partial charge in [-0.3, -0.25) is 25.0 Å². The van der Waals surface area contributed by atoms with E-state index in [0.29, 0.717) is 0 Å². The Labute approximate surface area is 134 Å². The largest absolute Gasteiger partial charge is 0.307 e. The quantitative estimate of drug-likeness (QED) is 0.674. The molecule has 2 rings (SSSR count). The Balaban J connectivity index is 2.55. The molecule has 0 aliphatic carbocycles. The molecule has 0 fully saturated rings. The second-order valence-corrected chi connectivity index (χ2v) is 4.79. The number of pyridine rings is 1. The van der Waals surface area contributed by atoms with Crippen molar-refractivity contribution in [3.8, 4) is 0 Å². The minimum atomic E-state index is -0.859. The average Bonchev–Trinajstić information content (AvgIpc) is 2.47. The number of hydrogen-bond acceptors (Lipinski definition) is 6. The van der Waals surface area contributed by atoms with Gasteiger partial charge in [-0.05, 0) is 19.1 Å². The lowest BCUT2D eigenvalue weighted by Crippen LogP contribution is -2.15. The summed E-state index contributed by atoms with van der Waals surface area (Å²) >= 11 is 5.90. The summed E-state index contributed by atoms with van der Waals surface area (Å²) in [4.78, 5) is 36.6. The molecule has 0 radical (unpaired) electrons. The van der Waals surface area contributed by atoms with Gasteiger partial charge in [0.2, 0.25) is 0 Å². The van der Waals surface area contributed by atoms with Crippen LogP contribution in [0.15, 0.2) is 30.5 Å². The van der Waals surface area contributed by atoms with Crippen LogP contribution in [0.3, 0.4) is 0 Å². The van der Waals surface area contributed by atoms with Gasteiger partial charge in [0.15, 0.2) is 0 Å². The van der Waals surface area contributed by atoms with E-state index in [2.05, 4.69) is 10.3 Å². The molecule has 1 heterocycles. The predicted molar refractivity (Wildman–Crippen MR) is 81.7 cm³/mol. The fraction of sp³-hybridized carbons (Fsp3) is 0.0769. The van der Waals surface area contributed by atoms with E-state index in [1.807, 2.05) is 0 Å². The number of rotatable bonds is 4. The van der Waals surface area contributed by atoms with Gasteiger partial charge in [-0.15, -0.1) is 0 Å². The summed E-state index contributed by atoms with van der Waals surface area (Å²) in [5.41, 5.74) is -1.83. The van der Waals surface area contributed by atoms with Gasteiger partial charge in [-0.1, -0.05) is 17.7 Å². The Hall–Kier alpha value is -3.07. The fourth-order valence-electron chi connectivity index (χ4n) is 1.91. The van der Waals surface area contributed by atoms with Gasteiger partial charge in [0.25, 0.3) is 17.3 Å². The van der Waals surface area contributed by atoms with E-state index in [1.54, 1.807) is 12.1 Å². The summed E-state index contributed by atoms with van der Waals surface area (Å²) in [6, 6.07) is 5.64. The lowest BCUT2D eigenvalue weighted by atomic mass is 10.1. The highest BCUT2D eigenvalue weighted by Crippen LogP contribution is 2.37. The molecule has 1 N–H and O–H groups in total. The first-order valence-electron chi connectivity index (χ1n) is 6.17. The Kier molecular flexibility index (Phi) is 4.51. The van der Waals surface area contributed by atoms with Gasteiger partial charge >= 0.3 is 0 Å². The van der Waals surface area contributed by atoms with Crippen molar-refractivity contribution >= 4 is 34.7 Å². The van der Waals surface area contributed by atoms with E-state index < -0.39 is 32.2 Å². The molecule has 0 bridgehead atoms. The number of anilines is 1. The summed E-state index contributed by atoms with van der Waals surface area (Å²) in [6.07, 6.45) is 1.43. The Bertz CT molecular complexity index is 810. The molecule has 0 spiro atoms. The van der Waals surface area contributed by atoms with E-state index in [-0.39, 0.29) is 16.9 Å². The predicted octanol–water partition coefficient (Wildman–Crippen LogP) is 3.11. The van der Waals surface area contributed by atoms with Gasteiger partial charge in [0.1, 0.15) is 16.4 Å². The number of amides is 1. The molecular formula is C13H9ClN4O5. The molecule has 1 aromatic heterocycles. The number of hydrogen-bond donors (Lipinski definition) is 1. The maximum Gasteiger partial charge on any atom is 0.298 e. The summed E-state index contributed by atoms with van der Waals surface area (Å²) in [6.45, 7) is 1.20. The second kappa shape index (κ2) is 6.36. The molecule has 0 unspecified atom stereocenters. The Morgan fingerprint density at radius 3 is 2.48 bits per heavy atom. The summed E-state index contributed by atoms with van der Waals surface area (Å²) in [5, 5.41) is 24.0. The lowest BCUT2D eigenvalue weighted by molar-refractivity contribution is -0.395. The first-order chi connectivity index (χ1) is 10.8. The van der Waals surface area contributed by atoms with Crippen molar-refractivity contribution in [2.24, 2.45) is 0 Å². The van der Waals surface area contributed by atoms with Crippen LogP contribution in [0.2, 0.25) is 5.02 Å². The van der Waals surface area contributed by atoms with E-state index in [9.17, 15) is 25.0 Å². The Morgan fingerprint density at radius 1 is 1.26 bits per heavy atom. The normalized spacial score (nSPS) is 10.2. The average molecular weight is 337 g/mol. The summed E-state index contributed by atoms with van der Waals surface area (Å²) in [5.74, 6) is -0.653. The first kappa shape index (κ1) is 16.3. The highest BCUT2D eigenvalue weighted by Gasteiger charge is 2.31.